The summed E-state index contributed by atoms with van der Waals surface area (Å²) < 4.78 is 27.7. The summed E-state index contributed by atoms with van der Waals surface area (Å²) in [5.74, 6) is 0.290. The summed E-state index contributed by atoms with van der Waals surface area (Å²) in [6.07, 6.45) is 0.848. The average molecular weight is 451 g/mol. The summed E-state index contributed by atoms with van der Waals surface area (Å²) in [7, 11) is 1.45. The predicted molar refractivity (Wildman–Crippen MR) is 106 cm³/mol. The highest BCUT2D eigenvalue weighted by molar-refractivity contribution is 9.10. The molecule has 2 heterocycles. The van der Waals surface area contributed by atoms with Crippen molar-refractivity contribution in [2.75, 3.05) is 12.0 Å². The van der Waals surface area contributed by atoms with E-state index < -0.39 is 17.5 Å². The number of aromatic nitrogens is 3. The van der Waals surface area contributed by atoms with E-state index in [2.05, 4.69) is 26.1 Å². The van der Waals surface area contributed by atoms with Crippen LogP contribution in [0.5, 0.6) is 5.75 Å². The van der Waals surface area contributed by atoms with E-state index in [9.17, 15) is 9.18 Å². The second-order valence-corrected chi connectivity index (χ2v) is 7.91. The Morgan fingerprint density at radius 2 is 2.04 bits per heavy atom. The van der Waals surface area contributed by atoms with E-state index >= 15 is 0 Å². The third kappa shape index (κ3) is 4.09. The fourth-order valence-corrected chi connectivity index (χ4v) is 3.09. The van der Waals surface area contributed by atoms with Crippen molar-refractivity contribution in [3.8, 4) is 5.75 Å². The van der Waals surface area contributed by atoms with Gasteiger partial charge in [-0.15, -0.1) is 10.2 Å². The monoisotopic (exact) mass is 450 g/mol. The molecule has 0 aliphatic carbocycles. The number of rotatable bonds is 4. The zero-order chi connectivity index (χ0) is 20.5. The molecule has 0 aliphatic heterocycles. The number of benzene rings is 1. The normalized spacial score (nSPS) is 11.5. The van der Waals surface area contributed by atoms with Crippen LogP contribution in [0.25, 0.3) is 5.65 Å². The Balaban J connectivity index is 2.12. The molecule has 0 N–H and O–H groups in total. The molecule has 0 bridgehead atoms. The standard InChI is InChI=1S/C19H20BrFN4O3/c1-19(2,3)28-18(26)24(10-12-14(21)6-5-7-15(12)27-4)16-9-8-13(20)17-23-22-11-25(16)17/h5-9,11H,10H2,1-4H3. The number of hydrogen-bond acceptors (Lipinski definition) is 5. The van der Waals surface area contributed by atoms with Crippen LogP contribution < -0.4 is 9.64 Å². The van der Waals surface area contributed by atoms with Gasteiger partial charge in [-0.3, -0.25) is 9.30 Å². The SMILES string of the molecule is COc1cccc(F)c1CN(C(=O)OC(C)(C)C)c1ccc(Br)c2nncn12. The molecule has 148 valence electrons. The van der Waals surface area contributed by atoms with Crippen LogP contribution in [0, 0.1) is 5.82 Å². The molecule has 1 amide bonds. The molecule has 0 aliphatic rings. The van der Waals surface area contributed by atoms with Crippen LogP contribution in [0.15, 0.2) is 41.1 Å². The zero-order valence-electron chi connectivity index (χ0n) is 15.9. The molecule has 0 spiro atoms. The number of pyridine rings is 1. The lowest BCUT2D eigenvalue weighted by atomic mass is 10.1. The second kappa shape index (κ2) is 7.75. The Kier molecular flexibility index (Phi) is 5.55. The summed E-state index contributed by atoms with van der Waals surface area (Å²) in [6.45, 7) is 5.20. The van der Waals surface area contributed by atoms with E-state index in [0.29, 0.717) is 21.7 Å². The maximum absolute atomic E-state index is 14.5. The van der Waals surface area contributed by atoms with Crippen LogP contribution in [-0.2, 0) is 11.3 Å². The summed E-state index contributed by atoms with van der Waals surface area (Å²) >= 11 is 3.41. The highest BCUT2D eigenvalue weighted by Gasteiger charge is 2.27. The predicted octanol–water partition coefficient (Wildman–Crippen LogP) is 4.58. The molecule has 2 aromatic heterocycles. The van der Waals surface area contributed by atoms with Gasteiger partial charge in [0.2, 0.25) is 0 Å². The molecule has 1 aromatic carbocycles. The molecule has 0 saturated heterocycles. The number of halogens is 2. The summed E-state index contributed by atoms with van der Waals surface area (Å²) in [5.41, 5.74) is 0.0302. The number of ether oxygens (including phenoxy) is 2. The van der Waals surface area contributed by atoms with Crippen molar-refractivity contribution in [1.82, 2.24) is 14.6 Å². The van der Waals surface area contributed by atoms with Gasteiger partial charge in [-0.05, 0) is 61.0 Å². The third-order valence-electron chi connectivity index (χ3n) is 3.89. The van der Waals surface area contributed by atoms with E-state index in [-0.39, 0.29) is 12.1 Å². The van der Waals surface area contributed by atoms with Crippen LogP contribution in [0.1, 0.15) is 26.3 Å². The van der Waals surface area contributed by atoms with Crippen LogP contribution in [0.3, 0.4) is 0 Å². The minimum absolute atomic E-state index is 0.0975. The number of anilines is 1. The molecule has 0 unspecified atom stereocenters. The van der Waals surface area contributed by atoms with Gasteiger partial charge in [0.1, 0.15) is 29.3 Å². The number of fused-ring (bicyclic) bond motifs is 1. The molecular weight excluding hydrogens is 431 g/mol. The topological polar surface area (TPSA) is 69.0 Å². The molecule has 9 heteroatoms. The Morgan fingerprint density at radius 3 is 2.71 bits per heavy atom. The number of hydrogen-bond donors (Lipinski definition) is 0. The van der Waals surface area contributed by atoms with E-state index in [1.54, 1.807) is 49.4 Å². The van der Waals surface area contributed by atoms with E-state index in [1.165, 1.54) is 24.4 Å². The van der Waals surface area contributed by atoms with Gasteiger partial charge in [0.15, 0.2) is 5.65 Å². The van der Waals surface area contributed by atoms with Gasteiger partial charge < -0.3 is 9.47 Å². The molecule has 3 rings (SSSR count). The van der Waals surface area contributed by atoms with Crippen molar-refractivity contribution >= 4 is 33.5 Å². The quantitative estimate of drug-likeness (QED) is 0.581. The van der Waals surface area contributed by atoms with Crippen LogP contribution in [0.4, 0.5) is 15.0 Å². The lowest BCUT2D eigenvalue weighted by Crippen LogP contribution is -2.37. The van der Waals surface area contributed by atoms with Gasteiger partial charge in [0, 0.05) is 5.56 Å². The van der Waals surface area contributed by atoms with Crippen LogP contribution in [0.2, 0.25) is 0 Å². The second-order valence-electron chi connectivity index (χ2n) is 7.05. The highest BCUT2D eigenvalue weighted by Crippen LogP contribution is 2.29. The Bertz CT molecular complexity index is 1020. The maximum atomic E-state index is 14.5. The fraction of sp³-hybridized carbons (Fsp3) is 0.316. The lowest BCUT2D eigenvalue weighted by Gasteiger charge is -2.28. The minimum Gasteiger partial charge on any atom is -0.496 e. The van der Waals surface area contributed by atoms with Gasteiger partial charge in [-0.2, -0.15) is 0 Å². The molecule has 0 saturated carbocycles. The molecule has 7 nitrogen and oxygen atoms in total. The minimum atomic E-state index is -0.726. The molecule has 3 aromatic rings. The van der Waals surface area contributed by atoms with Crippen LogP contribution in [-0.4, -0.2) is 33.4 Å². The maximum Gasteiger partial charge on any atom is 0.416 e. The summed E-state index contributed by atoms with van der Waals surface area (Å²) in [5, 5.41) is 7.94. The Labute approximate surface area is 170 Å². The third-order valence-corrected chi connectivity index (χ3v) is 4.51. The first-order chi connectivity index (χ1) is 13.2. The fourth-order valence-electron chi connectivity index (χ4n) is 2.69. The Morgan fingerprint density at radius 1 is 1.29 bits per heavy atom. The van der Waals surface area contributed by atoms with Gasteiger partial charge in [-0.25, -0.2) is 9.18 Å². The van der Waals surface area contributed by atoms with Crippen molar-refractivity contribution in [1.29, 1.82) is 0 Å². The molecule has 28 heavy (non-hydrogen) atoms. The molecule has 0 atom stereocenters. The van der Waals surface area contributed by atoms with Crippen LogP contribution >= 0.6 is 15.9 Å². The van der Waals surface area contributed by atoms with Gasteiger partial charge in [0.05, 0.1) is 18.1 Å². The first-order valence-corrected chi connectivity index (χ1v) is 9.30. The average Bonchev–Trinajstić information content (AvgIpc) is 3.10. The number of carbonyl (C=O) groups excluding carboxylic acids is 1. The molecule has 0 fully saturated rings. The smallest absolute Gasteiger partial charge is 0.416 e. The number of amides is 1. The van der Waals surface area contributed by atoms with Gasteiger partial charge in [0.25, 0.3) is 0 Å². The number of nitrogens with zero attached hydrogens (tertiary/aromatic N) is 4. The molecule has 0 radical (unpaired) electrons. The van der Waals surface area contributed by atoms with Crippen molar-refractivity contribution in [2.24, 2.45) is 0 Å². The highest BCUT2D eigenvalue weighted by atomic mass is 79.9. The van der Waals surface area contributed by atoms with E-state index in [0.717, 1.165) is 0 Å². The largest absolute Gasteiger partial charge is 0.496 e. The lowest BCUT2D eigenvalue weighted by molar-refractivity contribution is 0.0575. The van der Waals surface area contributed by atoms with E-state index in [4.69, 9.17) is 9.47 Å². The summed E-state index contributed by atoms with van der Waals surface area (Å²) in [4.78, 5) is 14.3. The zero-order valence-corrected chi connectivity index (χ0v) is 17.5. The first kappa shape index (κ1) is 20.1. The molecular formula is C19H20BrFN4O3. The van der Waals surface area contributed by atoms with Crippen molar-refractivity contribution < 1.29 is 18.7 Å². The number of carbonyl (C=O) groups is 1. The summed E-state index contributed by atoms with van der Waals surface area (Å²) in [6, 6.07) is 7.96. The first-order valence-electron chi connectivity index (χ1n) is 8.51. The Hall–Kier alpha value is -2.68. The number of methoxy groups -OCH3 is 1. The van der Waals surface area contributed by atoms with Crippen molar-refractivity contribution in [3.05, 3.63) is 52.5 Å². The van der Waals surface area contributed by atoms with Gasteiger partial charge in [-0.1, -0.05) is 6.07 Å². The van der Waals surface area contributed by atoms with Crippen molar-refractivity contribution in [3.63, 3.8) is 0 Å². The van der Waals surface area contributed by atoms with Gasteiger partial charge >= 0.3 is 6.09 Å². The van der Waals surface area contributed by atoms with E-state index in [1.807, 2.05) is 0 Å². The van der Waals surface area contributed by atoms with Crippen molar-refractivity contribution in [2.45, 2.75) is 32.9 Å².